The molecule has 0 aliphatic carbocycles. The van der Waals surface area contributed by atoms with Gasteiger partial charge in [0.25, 0.3) is 5.91 Å². The van der Waals surface area contributed by atoms with E-state index in [0.717, 1.165) is 22.4 Å². The average Bonchev–Trinajstić information content (AvgIpc) is 2.54. The van der Waals surface area contributed by atoms with Gasteiger partial charge in [-0.1, -0.05) is 17.7 Å². The van der Waals surface area contributed by atoms with Gasteiger partial charge in [-0.3, -0.25) is 14.5 Å². The van der Waals surface area contributed by atoms with Crippen LogP contribution >= 0.6 is 15.9 Å². The first-order chi connectivity index (χ1) is 11.8. The summed E-state index contributed by atoms with van der Waals surface area (Å²) in [5.41, 5.74) is 3.89. The second-order valence-electron chi connectivity index (χ2n) is 6.05. The summed E-state index contributed by atoms with van der Waals surface area (Å²) in [7, 11) is 0. The maximum absolute atomic E-state index is 12.5. The third-order valence-corrected chi connectivity index (χ3v) is 4.40. The smallest absolute Gasteiger partial charge is 0.266 e. The Balaban J connectivity index is 1.82. The minimum atomic E-state index is -0.300. The van der Waals surface area contributed by atoms with Crippen LogP contribution in [-0.2, 0) is 9.59 Å². The molecule has 2 amide bonds. The van der Waals surface area contributed by atoms with Gasteiger partial charge >= 0.3 is 0 Å². The summed E-state index contributed by atoms with van der Waals surface area (Å²) < 4.78 is 5.94. The lowest BCUT2D eigenvalue weighted by atomic mass is 10.1. The van der Waals surface area contributed by atoms with Crippen LogP contribution in [-0.4, -0.2) is 29.9 Å². The first-order valence-corrected chi connectivity index (χ1v) is 8.62. The number of carbonyl (C=O) groups is 2. The molecule has 130 valence electrons. The summed E-state index contributed by atoms with van der Waals surface area (Å²) >= 11 is 3.28. The fraction of sp³-hybridized carbons (Fsp3) is 0.278. The molecule has 25 heavy (non-hydrogen) atoms. The summed E-state index contributed by atoms with van der Waals surface area (Å²) in [6.45, 7) is 5.68. The lowest BCUT2D eigenvalue weighted by Gasteiger charge is -2.28. The Bertz CT molecular complexity index is 844. The molecule has 7 heteroatoms. The van der Waals surface area contributed by atoms with Crippen LogP contribution in [0.4, 0.5) is 11.5 Å². The van der Waals surface area contributed by atoms with Crippen molar-refractivity contribution >= 4 is 39.2 Å². The predicted octanol–water partition coefficient (Wildman–Crippen LogP) is 3.13. The molecule has 1 aliphatic heterocycles. The van der Waals surface area contributed by atoms with E-state index in [2.05, 4.69) is 26.2 Å². The number of rotatable bonds is 3. The van der Waals surface area contributed by atoms with Crippen LogP contribution in [0.15, 0.2) is 28.9 Å². The SMILES string of the molecule is Cc1cc(C)c(NC(=O)CN2C(=O)COc3ccc(Br)nc32)c(C)c1. The molecule has 1 aromatic carbocycles. The van der Waals surface area contributed by atoms with Crippen molar-refractivity contribution < 1.29 is 14.3 Å². The number of pyridine rings is 1. The predicted molar refractivity (Wildman–Crippen MR) is 99.1 cm³/mol. The molecule has 0 spiro atoms. The lowest BCUT2D eigenvalue weighted by molar-refractivity contribution is -0.123. The van der Waals surface area contributed by atoms with Gasteiger partial charge in [0.15, 0.2) is 18.2 Å². The zero-order valence-corrected chi connectivity index (χ0v) is 15.8. The Morgan fingerprint density at radius 2 is 1.96 bits per heavy atom. The van der Waals surface area contributed by atoms with Gasteiger partial charge in [-0.05, 0) is 60.0 Å². The first-order valence-electron chi connectivity index (χ1n) is 7.82. The largest absolute Gasteiger partial charge is 0.480 e. The third-order valence-electron chi connectivity index (χ3n) is 3.96. The number of ether oxygens (including phenoxy) is 1. The number of fused-ring (bicyclic) bond motifs is 1. The quantitative estimate of drug-likeness (QED) is 0.798. The zero-order chi connectivity index (χ0) is 18.1. The standard InChI is InChI=1S/C18H18BrN3O3/c1-10-6-11(2)17(12(3)7-10)21-15(23)8-22-16(24)9-25-13-4-5-14(19)20-18(13)22/h4-7H,8-9H2,1-3H3,(H,21,23). The van der Waals surface area contributed by atoms with E-state index in [1.807, 2.05) is 32.9 Å². The first kappa shape index (κ1) is 17.4. The van der Waals surface area contributed by atoms with Crippen molar-refractivity contribution in [3.05, 3.63) is 45.6 Å². The molecule has 0 bridgehead atoms. The Morgan fingerprint density at radius 1 is 1.28 bits per heavy atom. The van der Waals surface area contributed by atoms with E-state index < -0.39 is 0 Å². The third kappa shape index (κ3) is 3.66. The van der Waals surface area contributed by atoms with Gasteiger partial charge in [-0.2, -0.15) is 0 Å². The molecule has 1 aliphatic rings. The average molecular weight is 404 g/mol. The summed E-state index contributed by atoms with van der Waals surface area (Å²) in [6.07, 6.45) is 0. The molecular formula is C18H18BrN3O3. The highest BCUT2D eigenvalue weighted by Crippen LogP contribution is 2.31. The molecule has 1 aromatic heterocycles. The van der Waals surface area contributed by atoms with Crippen LogP contribution in [0.3, 0.4) is 0 Å². The second-order valence-corrected chi connectivity index (χ2v) is 6.86. The van der Waals surface area contributed by atoms with Crippen LogP contribution in [0, 0.1) is 20.8 Å². The van der Waals surface area contributed by atoms with E-state index in [0.29, 0.717) is 16.2 Å². The highest BCUT2D eigenvalue weighted by Gasteiger charge is 2.29. The number of benzene rings is 1. The summed E-state index contributed by atoms with van der Waals surface area (Å²) in [5, 5.41) is 2.91. The van der Waals surface area contributed by atoms with Gasteiger partial charge in [0.1, 0.15) is 11.1 Å². The van der Waals surface area contributed by atoms with Crippen LogP contribution in [0.2, 0.25) is 0 Å². The molecule has 0 fully saturated rings. The van der Waals surface area contributed by atoms with E-state index in [1.54, 1.807) is 12.1 Å². The Morgan fingerprint density at radius 3 is 2.64 bits per heavy atom. The number of halogens is 1. The fourth-order valence-electron chi connectivity index (χ4n) is 2.92. The number of hydrogen-bond acceptors (Lipinski definition) is 4. The molecule has 0 saturated carbocycles. The minimum Gasteiger partial charge on any atom is -0.480 e. The van der Waals surface area contributed by atoms with Crippen LogP contribution in [0.5, 0.6) is 5.75 Å². The van der Waals surface area contributed by atoms with Gasteiger partial charge in [-0.25, -0.2) is 4.98 Å². The number of hydrogen-bond donors (Lipinski definition) is 1. The number of aryl methyl sites for hydroxylation is 3. The summed E-state index contributed by atoms with van der Waals surface area (Å²) in [6, 6.07) is 7.47. The van der Waals surface area contributed by atoms with Crippen LogP contribution in [0.1, 0.15) is 16.7 Å². The van der Waals surface area contributed by atoms with E-state index in [9.17, 15) is 9.59 Å². The monoisotopic (exact) mass is 403 g/mol. The molecule has 2 aromatic rings. The van der Waals surface area contributed by atoms with E-state index >= 15 is 0 Å². The number of nitrogens with one attached hydrogen (secondary N) is 1. The molecule has 0 saturated heterocycles. The number of anilines is 2. The molecule has 0 radical (unpaired) electrons. The van der Waals surface area contributed by atoms with E-state index in [-0.39, 0.29) is 25.0 Å². The molecule has 0 atom stereocenters. The van der Waals surface area contributed by atoms with Gasteiger partial charge in [0.2, 0.25) is 5.91 Å². The van der Waals surface area contributed by atoms with Crippen molar-refractivity contribution in [2.75, 3.05) is 23.4 Å². The van der Waals surface area contributed by atoms with E-state index in [1.165, 1.54) is 4.90 Å². The minimum absolute atomic E-state index is 0.105. The number of carbonyl (C=O) groups excluding carboxylic acids is 2. The van der Waals surface area contributed by atoms with Crippen molar-refractivity contribution in [2.24, 2.45) is 0 Å². The zero-order valence-electron chi connectivity index (χ0n) is 14.2. The number of nitrogens with zero attached hydrogens (tertiary/aromatic N) is 2. The molecular weight excluding hydrogens is 386 g/mol. The Labute approximate surface area is 154 Å². The normalized spacial score (nSPS) is 13.3. The molecule has 6 nitrogen and oxygen atoms in total. The molecule has 2 heterocycles. The highest BCUT2D eigenvalue weighted by atomic mass is 79.9. The Hall–Kier alpha value is -2.41. The summed E-state index contributed by atoms with van der Waals surface area (Å²) in [5.74, 6) is 0.250. The van der Waals surface area contributed by atoms with Crippen molar-refractivity contribution in [3.63, 3.8) is 0 Å². The van der Waals surface area contributed by atoms with Crippen LogP contribution < -0.4 is 15.0 Å². The topological polar surface area (TPSA) is 71.5 Å². The second kappa shape index (κ2) is 6.84. The molecule has 0 unspecified atom stereocenters. The van der Waals surface area contributed by atoms with Gasteiger partial charge in [-0.15, -0.1) is 0 Å². The van der Waals surface area contributed by atoms with Crippen molar-refractivity contribution in [2.45, 2.75) is 20.8 Å². The highest BCUT2D eigenvalue weighted by molar-refractivity contribution is 9.10. The lowest BCUT2D eigenvalue weighted by Crippen LogP contribution is -2.44. The molecule has 1 N–H and O–H groups in total. The van der Waals surface area contributed by atoms with Crippen LogP contribution in [0.25, 0.3) is 0 Å². The van der Waals surface area contributed by atoms with Crippen molar-refractivity contribution in [1.29, 1.82) is 0 Å². The Kier molecular flexibility index (Phi) is 4.76. The number of aromatic nitrogens is 1. The molecule has 3 rings (SSSR count). The fourth-order valence-corrected chi connectivity index (χ4v) is 3.22. The van der Waals surface area contributed by atoms with Gasteiger partial charge in [0, 0.05) is 5.69 Å². The van der Waals surface area contributed by atoms with E-state index in [4.69, 9.17) is 4.74 Å². The number of amides is 2. The van der Waals surface area contributed by atoms with Gasteiger partial charge in [0.05, 0.1) is 0 Å². The van der Waals surface area contributed by atoms with Crippen molar-refractivity contribution in [1.82, 2.24) is 4.98 Å². The maximum Gasteiger partial charge on any atom is 0.266 e. The van der Waals surface area contributed by atoms with Crippen molar-refractivity contribution in [3.8, 4) is 5.75 Å². The summed E-state index contributed by atoms with van der Waals surface area (Å²) in [4.78, 5) is 30.3. The van der Waals surface area contributed by atoms with Gasteiger partial charge < -0.3 is 10.1 Å². The maximum atomic E-state index is 12.5.